The zero-order valence-electron chi connectivity index (χ0n) is 45.6. The molecule has 25 heteroatoms. The van der Waals surface area contributed by atoms with Gasteiger partial charge in [-0.1, -0.05) is 77.8 Å². The number of unbranched alkanes of at least 4 members (excludes halogenated alkanes) is 5. The molecule has 7 amide bonds. The molecular weight excluding hydrogens is 1020 g/mol. The average Bonchev–Trinajstić information content (AvgIpc) is 3.99. The summed E-state index contributed by atoms with van der Waals surface area (Å²) in [4.78, 5) is 102. The Bertz CT molecular complexity index is 2090. The van der Waals surface area contributed by atoms with Crippen LogP contribution in [0, 0.1) is 11.8 Å². The smallest absolute Gasteiger partial charge is 0.248 e. The summed E-state index contributed by atoms with van der Waals surface area (Å²) in [6.45, 7) is 6.27. The fourth-order valence-corrected chi connectivity index (χ4v) is 10.3. The van der Waals surface area contributed by atoms with Crippen molar-refractivity contribution in [1.29, 1.82) is 0 Å². The molecule has 0 radical (unpaired) electrons. The van der Waals surface area contributed by atoms with Gasteiger partial charge in [0, 0.05) is 38.9 Å². The van der Waals surface area contributed by atoms with Crippen LogP contribution in [-0.4, -0.2) is 210 Å². The lowest BCUT2D eigenvalue weighted by atomic mass is 9.91. The van der Waals surface area contributed by atoms with Crippen LogP contribution in [0.15, 0.2) is 24.3 Å². The molecule has 3 saturated heterocycles. The third kappa shape index (κ3) is 19.0. The molecule has 442 valence electrons. The van der Waals surface area contributed by atoms with Crippen molar-refractivity contribution in [3.05, 3.63) is 29.8 Å². The van der Waals surface area contributed by atoms with E-state index in [1.54, 1.807) is 0 Å². The number of phenolic OH excluding ortho intramolecular Hbond substituents is 1. The summed E-state index contributed by atoms with van der Waals surface area (Å²) in [7, 11) is 0. The highest BCUT2D eigenvalue weighted by Gasteiger charge is 2.49. The number of carbonyl (C=O) groups is 7. The number of amides is 7. The van der Waals surface area contributed by atoms with E-state index in [0.717, 1.165) is 55.2 Å². The summed E-state index contributed by atoms with van der Waals surface area (Å²) >= 11 is 0. The maximum absolute atomic E-state index is 14.6. The maximum atomic E-state index is 14.6. The molecule has 3 fully saturated rings. The molecule has 16 unspecified atom stereocenters. The van der Waals surface area contributed by atoms with Gasteiger partial charge in [-0.25, -0.2) is 0 Å². The van der Waals surface area contributed by atoms with E-state index in [4.69, 9.17) is 16.2 Å². The van der Waals surface area contributed by atoms with Crippen LogP contribution in [0.2, 0.25) is 0 Å². The molecule has 4 rings (SSSR count). The van der Waals surface area contributed by atoms with Crippen molar-refractivity contribution in [2.24, 2.45) is 23.3 Å². The quantitative estimate of drug-likeness (QED) is 0.0464. The highest BCUT2D eigenvalue weighted by atomic mass is 16.5. The van der Waals surface area contributed by atoms with Crippen molar-refractivity contribution >= 4 is 41.4 Å². The van der Waals surface area contributed by atoms with Crippen molar-refractivity contribution in [2.45, 2.75) is 203 Å². The molecule has 17 N–H and O–H groups in total. The monoisotopic (exact) mass is 1110 g/mol. The lowest BCUT2D eigenvalue weighted by molar-refractivity contribution is -0.148. The maximum Gasteiger partial charge on any atom is 0.248 e. The van der Waals surface area contributed by atoms with Gasteiger partial charge in [0.15, 0.2) is 0 Å². The number of aliphatic hydroxyl groups is 7. The van der Waals surface area contributed by atoms with Crippen LogP contribution in [0.3, 0.4) is 0 Å². The van der Waals surface area contributed by atoms with Gasteiger partial charge in [0.05, 0.1) is 49.8 Å². The number of carbonyl (C=O) groups excluding carboxylic acids is 7. The molecule has 3 aliphatic rings. The third-order valence-corrected chi connectivity index (χ3v) is 15.1. The average molecular weight is 1110 g/mol. The molecule has 16 atom stereocenters. The number of phenols is 1. The number of nitrogens with one attached hydrogen (secondary N) is 5. The second kappa shape index (κ2) is 32.2. The van der Waals surface area contributed by atoms with Crippen molar-refractivity contribution < 1.29 is 79.2 Å². The van der Waals surface area contributed by atoms with Gasteiger partial charge in [-0.15, -0.1) is 0 Å². The van der Waals surface area contributed by atoms with Crippen molar-refractivity contribution in [1.82, 2.24) is 36.4 Å². The predicted molar refractivity (Wildman–Crippen MR) is 283 cm³/mol. The normalized spacial score (nSPS) is 28.4. The first-order chi connectivity index (χ1) is 37.0. The number of nitrogens with zero attached hydrogens (tertiary/aromatic N) is 2. The number of fused-ring (bicyclic) bond motifs is 2. The molecule has 0 bridgehead atoms. The summed E-state index contributed by atoms with van der Waals surface area (Å²) in [6, 6.07) is -7.88. The first-order valence-electron chi connectivity index (χ1n) is 27.7. The first-order valence-corrected chi connectivity index (χ1v) is 27.7. The molecule has 3 heterocycles. The lowest BCUT2D eigenvalue weighted by Gasteiger charge is -2.35. The molecule has 78 heavy (non-hydrogen) atoms. The molecule has 1 aromatic rings. The van der Waals surface area contributed by atoms with Crippen LogP contribution in [-0.2, 0) is 38.3 Å². The standard InChI is InChI=1S/C53H89N9O16/c1-5-29(2)24-30(3)12-10-8-6-7-9-11-13-41(69)56-35-26-40(68)36(28-78-23-21-55)57-51(75)45-39(67)19-22-61(45)53(77)43(38(66)18-20-54)59-50(74)44(47(71)46(70)32-14-16-33(64)17-15-32)60-49(73)37-25-34(65)27-62(37)52(76)42(31(4)63)58-48(35)72/h14-17,29-31,34-40,42-47,63-68,70-71H,5-13,18-28,54-55H2,1-4H3,(H,56,69)(H,57,75)(H,58,72)(H,59,74)(H,60,73). The van der Waals surface area contributed by atoms with Crippen LogP contribution in [0.25, 0.3) is 0 Å². The minimum absolute atomic E-state index is 0.00966. The SMILES string of the molecule is CCC(C)CC(C)CCCCCCCCC(=O)NC1CC(O)C(COCCN)NC(=O)C2C(O)CCN2C(=O)C(C(O)CCN)NC(=O)C(C(O)C(O)c2ccc(O)cc2)NC(=O)C2CC(O)CN2C(=O)C(C(C)O)NC1=O. The van der Waals surface area contributed by atoms with Crippen molar-refractivity contribution in [3.63, 3.8) is 0 Å². The summed E-state index contributed by atoms with van der Waals surface area (Å²) in [5.41, 5.74) is 11.4. The zero-order valence-corrected chi connectivity index (χ0v) is 45.6. The summed E-state index contributed by atoms with van der Waals surface area (Å²) < 4.78 is 5.63. The third-order valence-electron chi connectivity index (χ3n) is 15.1. The van der Waals surface area contributed by atoms with Gasteiger partial charge < -0.3 is 93.4 Å². The van der Waals surface area contributed by atoms with Crippen LogP contribution >= 0.6 is 0 Å². The zero-order chi connectivity index (χ0) is 57.8. The Labute approximate surface area is 456 Å². The summed E-state index contributed by atoms with van der Waals surface area (Å²) in [5.74, 6) is -6.47. The van der Waals surface area contributed by atoms with Crippen molar-refractivity contribution in [2.75, 3.05) is 39.4 Å². The van der Waals surface area contributed by atoms with Gasteiger partial charge in [-0.05, 0) is 68.7 Å². The summed E-state index contributed by atoms with van der Waals surface area (Å²) in [5, 5.41) is 102. The predicted octanol–water partition coefficient (Wildman–Crippen LogP) is -2.84. The largest absolute Gasteiger partial charge is 0.508 e. The number of ether oxygens (including phenoxy) is 1. The topological polar surface area (TPSA) is 409 Å². The van der Waals surface area contributed by atoms with Crippen LogP contribution in [0.5, 0.6) is 5.75 Å². The number of hydrogen-bond acceptors (Lipinski definition) is 18. The Morgan fingerprint density at radius 3 is 2.00 bits per heavy atom. The molecule has 0 saturated carbocycles. The fourth-order valence-electron chi connectivity index (χ4n) is 10.3. The Balaban J connectivity index is 1.74. The molecule has 3 aliphatic heterocycles. The van der Waals surface area contributed by atoms with Gasteiger partial charge in [-0.2, -0.15) is 0 Å². The molecule has 0 aliphatic carbocycles. The minimum atomic E-state index is -2.28. The number of rotatable bonds is 24. The Hall–Kier alpha value is -5.09. The Morgan fingerprint density at radius 2 is 1.36 bits per heavy atom. The van der Waals surface area contributed by atoms with Gasteiger partial charge in [0.25, 0.3) is 0 Å². The molecule has 25 nitrogen and oxygen atoms in total. The second-order valence-electron chi connectivity index (χ2n) is 21.5. The minimum Gasteiger partial charge on any atom is -0.508 e. The van der Waals surface area contributed by atoms with E-state index in [0.29, 0.717) is 24.7 Å². The van der Waals surface area contributed by atoms with E-state index in [1.165, 1.54) is 30.7 Å². The van der Waals surface area contributed by atoms with E-state index in [1.807, 2.05) is 0 Å². The van der Waals surface area contributed by atoms with E-state index >= 15 is 0 Å². The lowest BCUT2D eigenvalue weighted by Crippen LogP contribution is -2.64. The van der Waals surface area contributed by atoms with Crippen LogP contribution in [0.4, 0.5) is 0 Å². The van der Waals surface area contributed by atoms with Crippen LogP contribution < -0.4 is 38.1 Å². The van der Waals surface area contributed by atoms with E-state index in [2.05, 4.69) is 47.4 Å². The molecule has 0 aromatic heterocycles. The van der Waals surface area contributed by atoms with Gasteiger partial charge in [-0.3, -0.25) is 33.6 Å². The number of aliphatic hydroxyl groups excluding tert-OH is 7. The van der Waals surface area contributed by atoms with E-state index in [-0.39, 0.29) is 56.8 Å². The molecule has 0 spiro atoms. The fraction of sp³-hybridized carbons (Fsp3) is 0.755. The molecule has 1 aromatic carbocycles. The number of benzene rings is 1. The Morgan fingerprint density at radius 1 is 0.731 bits per heavy atom. The Kier molecular flexibility index (Phi) is 27.0. The van der Waals surface area contributed by atoms with Gasteiger partial charge >= 0.3 is 0 Å². The molecular formula is C53H89N9O16. The van der Waals surface area contributed by atoms with Gasteiger partial charge in [0.2, 0.25) is 41.4 Å². The number of nitrogens with two attached hydrogens (primary N) is 2. The van der Waals surface area contributed by atoms with E-state index in [9.17, 15) is 74.4 Å². The second-order valence-corrected chi connectivity index (χ2v) is 21.5. The highest BCUT2D eigenvalue weighted by Crippen LogP contribution is 2.27. The number of aromatic hydroxyl groups is 1. The van der Waals surface area contributed by atoms with E-state index < -0.39 is 152 Å². The highest BCUT2D eigenvalue weighted by molar-refractivity contribution is 5.98. The summed E-state index contributed by atoms with van der Waals surface area (Å²) in [6.07, 6.45) is -5.54. The number of hydrogen-bond donors (Lipinski definition) is 15. The van der Waals surface area contributed by atoms with Crippen molar-refractivity contribution in [3.8, 4) is 5.75 Å². The first kappa shape index (κ1) is 65.4. The van der Waals surface area contributed by atoms with Gasteiger partial charge in [0.1, 0.15) is 54.2 Å². The van der Waals surface area contributed by atoms with Crippen LogP contribution in [0.1, 0.15) is 129 Å².